The van der Waals surface area contributed by atoms with Crippen LogP contribution in [0.3, 0.4) is 0 Å². The Morgan fingerprint density at radius 1 is 0.486 bits per heavy atom. The van der Waals surface area contributed by atoms with Crippen LogP contribution >= 0.6 is 0 Å². The SMILES string of the molecule is CC(COC(F)(F)C(F)OC(F)(F)C(F)(F)C(F)(F)F)OC(F)(F)C(F)OC(F)(F)C(F)(F)C(F)(F)F. The molecule has 0 aromatic carbocycles. The van der Waals surface area contributed by atoms with Crippen molar-refractivity contribution in [1.82, 2.24) is 0 Å². The first-order chi connectivity index (χ1) is 15.9. The van der Waals surface area contributed by atoms with Crippen LogP contribution < -0.4 is 0 Å². The molecule has 0 heterocycles. The van der Waals surface area contributed by atoms with Crippen molar-refractivity contribution in [2.24, 2.45) is 0 Å². The fraction of sp³-hybridized carbons (Fsp3) is 1.00. The van der Waals surface area contributed by atoms with Crippen LogP contribution in [0.1, 0.15) is 6.92 Å². The van der Waals surface area contributed by atoms with E-state index >= 15 is 0 Å². The Labute approximate surface area is 189 Å². The van der Waals surface area contributed by atoms with Gasteiger partial charge in [-0.1, -0.05) is 0 Å². The van der Waals surface area contributed by atoms with E-state index in [4.69, 9.17) is 0 Å². The molecule has 0 N–H and O–H groups in total. The minimum atomic E-state index is -7.27. The highest BCUT2D eigenvalue weighted by Crippen LogP contribution is 2.50. The molecule has 224 valence electrons. The highest BCUT2D eigenvalue weighted by atomic mass is 19.4. The quantitative estimate of drug-likeness (QED) is 0.216. The van der Waals surface area contributed by atoms with Gasteiger partial charge in [-0.25, -0.2) is 8.78 Å². The fourth-order valence-corrected chi connectivity index (χ4v) is 1.52. The minimum Gasteiger partial charge on any atom is -0.313 e. The molecule has 0 aliphatic carbocycles. The molecule has 0 aliphatic rings. The van der Waals surface area contributed by atoms with Gasteiger partial charge < -0.3 is 9.47 Å². The smallest absolute Gasteiger partial charge is 0.313 e. The topological polar surface area (TPSA) is 36.9 Å². The van der Waals surface area contributed by atoms with E-state index in [2.05, 4.69) is 9.47 Å². The van der Waals surface area contributed by atoms with Gasteiger partial charge in [0.1, 0.15) is 0 Å². The summed E-state index contributed by atoms with van der Waals surface area (Å²) in [6.45, 7) is -2.28. The highest BCUT2D eigenvalue weighted by molar-refractivity contribution is 4.86. The second-order valence-corrected chi connectivity index (χ2v) is 6.41. The molecule has 0 aromatic heterocycles. The largest absolute Gasteiger partial charge is 0.462 e. The van der Waals surface area contributed by atoms with Crippen LogP contribution in [0.2, 0.25) is 0 Å². The molecule has 24 heteroatoms. The van der Waals surface area contributed by atoms with Gasteiger partial charge in [0.05, 0.1) is 12.7 Å². The molecule has 0 saturated carbocycles. The van der Waals surface area contributed by atoms with Gasteiger partial charge in [0, 0.05) is 0 Å². The highest BCUT2D eigenvalue weighted by Gasteiger charge is 2.77. The van der Waals surface area contributed by atoms with Crippen molar-refractivity contribution in [3.05, 3.63) is 0 Å². The van der Waals surface area contributed by atoms with E-state index in [0.717, 1.165) is 0 Å². The Balaban J connectivity index is 5.28. The summed E-state index contributed by atoms with van der Waals surface area (Å²) < 4.78 is 262. The molecule has 0 aliphatic heterocycles. The first kappa shape index (κ1) is 35.4. The second-order valence-electron chi connectivity index (χ2n) is 6.41. The Morgan fingerprint density at radius 3 is 1.08 bits per heavy atom. The van der Waals surface area contributed by atoms with E-state index in [1.807, 2.05) is 9.47 Å². The normalized spacial score (nSPS) is 18.1. The zero-order valence-electron chi connectivity index (χ0n) is 16.6. The Bertz CT molecular complexity index is 746. The molecule has 0 amide bonds. The van der Waals surface area contributed by atoms with Crippen molar-refractivity contribution >= 4 is 0 Å². The summed E-state index contributed by atoms with van der Waals surface area (Å²) in [6.07, 6.45) is -53.7. The van der Waals surface area contributed by atoms with Crippen LogP contribution in [-0.2, 0) is 18.9 Å². The molecule has 0 rings (SSSR count). The van der Waals surface area contributed by atoms with E-state index in [9.17, 15) is 87.8 Å². The lowest BCUT2D eigenvalue weighted by Gasteiger charge is -2.32. The lowest BCUT2D eigenvalue weighted by molar-refractivity contribution is -0.471. The van der Waals surface area contributed by atoms with Gasteiger partial charge >= 0.3 is 48.6 Å². The summed E-state index contributed by atoms with van der Waals surface area (Å²) in [6, 6.07) is 0. The first-order valence-corrected chi connectivity index (χ1v) is 8.21. The Morgan fingerprint density at radius 2 is 0.784 bits per heavy atom. The molecule has 0 saturated heterocycles. The van der Waals surface area contributed by atoms with Crippen molar-refractivity contribution in [2.75, 3.05) is 6.61 Å². The third kappa shape index (κ3) is 7.97. The van der Waals surface area contributed by atoms with Gasteiger partial charge in [-0.3, -0.25) is 9.47 Å². The third-order valence-corrected chi connectivity index (χ3v) is 3.34. The van der Waals surface area contributed by atoms with E-state index in [1.165, 1.54) is 0 Å². The summed E-state index contributed by atoms with van der Waals surface area (Å²) in [7, 11) is 0. The molecule has 0 bridgehead atoms. The summed E-state index contributed by atoms with van der Waals surface area (Å²) in [5.74, 6) is -14.5. The number of halogens is 20. The lowest BCUT2D eigenvalue weighted by Crippen LogP contribution is -2.56. The molecule has 37 heavy (non-hydrogen) atoms. The van der Waals surface area contributed by atoms with Crippen LogP contribution in [0, 0.1) is 0 Å². The van der Waals surface area contributed by atoms with Crippen molar-refractivity contribution in [3.8, 4) is 0 Å². The molecule has 0 spiro atoms. The van der Waals surface area contributed by atoms with Gasteiger partial charge in [-0.05, 0) is 6.92 Å². The van der Waals surface area contributed by atoms with Crippen LogP contribution in [0.15, 0.2) is 0 Å². The molecular formula is C13H8F20O4. The van der Waals surface area contributed by atoms with Crippen LogP contribution in [0.4, 0.5) is 87.8 Å². The molecule has 3 atom stereocenters. The molecular weight excluding hydrogens is 600 g/mol. The number of hydrogen-bond acceptors (Lipinski definition) is 4. The number of alkyl halides is 20. The summed E-state index contributed by atoms with van der Waals surface area (Å²) in [5.41, 5.74) is 0. The first-order valence-electron chi connectivity index (χ1n) is 8.21. The number of rotatable bonds is 13. The van der Waals surface area contributed by atoms with Crippen LogP contribution in [0.25, 0.3) is 0 Å². The average molecular weight is 608 g/mol. The minimum absolute atomic E-state index is 0.0413. The zero-order valence-corrected chi connectivity index (χ0v) is 16.6. The van der Waals surface area contributed by atoms with Gasteiger partial charge in [-0.15, -0.1) is 0 Å². The Hall–Kier alpha value is -1.56. The predicted molar refractivity (Wildman–Crippen MR) is 70.3 cm³/mol. The predicted octanol–water partition coefficient (Wildman–Crippen LogP) is 6.80. The number of ether oxygens (including phenoxy) is 4. The maximum atomic E-state index is 13.3. The zero-order chi connectivity index (χ0) is 30.3. The summed E-state index contributed by atoms with van der Waals surface area (Å²) >= 11 is 0. The molecule has 0 fully saturated rings. The average Bonchev–Trinajstić information content (AvgIpc) is 2.63. The van der Waals surface area contributed by atoms with Gasteiger partial charge in [0.25, 0.3) is 12.7 Å². The molecule has 3 unspecified atom stereocenters. The van der Waals surface area contributed by atoms with Gasteiger partial charge in [-0.2, -0.15) is 79.0 Å². The van der Waals surface area contributed by atoms with Crippen molar-refractivity contribution in [2.45, 2.75) is 74.4 Å². The molecule has 4 nitrogen and oxygen atoms in total. The van der Waals surface area contributed by atoms with Crippen LogP contribution in [-0.4, -0.2) is 74.1 Å². The third-order valence-electron chi connectivity index (χ3n) is 3.34. The summed E-state index contributed by atoms with van der Waals surface area (Å²) in [5, 5.41) is 0. The van der Waals surface area contributed by atoms with Gasteiger partial charge in [0.15, 0.2) is 0 Å². The fourth-order valence-electron chi connectivity index (χ4n) is 1.52. The van der Waals surface area contributed by atoms with Crippen molar-refractivity contribution in [1.29, 1.82) is 0 Å². The second kappa shape index (κ2) is 10.5. The lowest BCUT2D eigenvalue weighted by atomic mass is 10.3. The summed E-state index contributed by atoms with van der Waals surface area (Å²) in [4.78, 5) is 0. The van der Waals surface area contributed by atoms with Crippen LogP contribution in [0.5, 0.6) is 0 Å². The molecule has 0 radical (unpaired) electrons. The Kier molecular flexibility index (Phi) is 10.1. The van der Waals surface area contributed by atoms with Crippen molar-refractivity contribution in [3.63, 3.8) is 0 Å². The van der Waals surface area contributed by atoms with Crippen molar-refractivity contribution < 1.29 is 107 Å². The number of hydrogen-bond donors (Lipinski definition) is 0. The monoisotopic (exact) mass is 608 g/mol. The van der Waals surface area contributed by atoms with E-state index in [-0.39, 0.29) is 6.92 Å². The maximum absolute atomic E-state index is 13.3. The van der Waals surface area contributed by atoms with E-state index in [0.29, 0.717) is 0 Å². The van der Waals surface area contributed by atoms with E-state index < -0.39 is 74.1 Å². The van der Waals surface area contributed by atoms with Gasteiger partial charge in [0.2, 0.25) is 0 Å². The standard InChI is InChI=1S/C13H8F20O4/c1-3(35-7(18,19)5(15)37-13(32,33)9(22,23)11(27,28)29)2-34-6(16,17)4(14)36-12(30,31)8(20,21)10(24,25)26/h3-5H,2H2,1H3. The maximum Gasteiger partial charge on any atom is 0.462 e. The van der Waals surface area contributed by atoms with E-state index in [1.54, 1.807) is 0 Å². The molecule has 0 aromatic rings.